The Kier molecular flexibility index (Phi) is 6.04. The van der Waals surface area contributed by atoms with Crippen molar-refractivity contribution in [2.45, 2.75) is 13.5 Å². The Hall–Kier alpha value is -2.50. The zero-order chi connectivity index (χ0) is 19.4. The van der Waals surface area contributed by atoms with Gasteiger partial charge < -0.3 is 9.64 Å². The van der Waals surface area contributed by atoms with Gasteiger partial charge in [-0.1, -0.05) is 35.4 Å². The molecule has 6 heteroatoms. The molecule has 0 aliphatic heterocycles. The lowest BCUT2D eigenvalue weighted by Gasteiger charge is -2.23. The van der Waals surface area contributed by atoms with Gasteiger partial charge in [0.25, 0.3) is 5.91 Å². The van der Waals surface area contributed by atoms with E-state index in [9.17, 15) is 9.18 Å². The van der Waals surface area contributed by atoms with Crippen LogP contribution >= 0.6 is 11.6 Å². The quantitative estimate of drug-likeness (QED) is 0.580. The molecule has 0 saturated heterocycles. The highest BCUT2D eigenvalue weighted by molar-refractivity contribution is 6.30. The number of pyridine rings is 1. The number of nitrogens with zero attached hydrogens (tertiary/aromatic N) is 2. The number of rotatable bonds is 6. The molecule has 0 spiro atoms. The van der Waals surface area contributed by atoms with Gasteiger partial charge in [0, 0.05) is 31.1 Å². The Bertz CT molecular complexity index is 978. The van der Waals surface area contributed by atoms with Crippen LogP contribution in [0, 0.1) is 12.7 Å². The third kappa shape index (κ3) is 4.43. The van der Waals surface area contributed by atoms with Gasteiger partial charge >= 0.3 is 0 Å². The van der Waals surface area contributed by atoms with Crippen LogP contribution in [0.1, 0.15) is 21.5 Å². The number of hydrogen-bond acceptors (Lipinski definition) is 3. The molecule has 0 unspecified atom stereocenters. The van der Waals surface area contributed by atoms with E-state index < -0.39 is 11.7 Å². The average Bonchev–Trinajstić information content (AvgIpc) is 2.65. The predicted molar refractivity (Wildman–Crippen MR) is 105 cm³/mol. The molecule has 0 N–H and O–H groups in total. The second-order valence-corrected chi connectivity index (χ2v) is 6.69. The van der Waals surface area contributed by atoms with Crippen molar-refractivity contribution in [1.82, 2.24) is 9.88 Å². The maximum atomic E-state index is 14.1. The number of amides is 1. The van der Waals surface area contributed by atoms with E-state index in [0.29, 0.717) is 23.9 Å². The highest BCUT2D eigenvalue weighted by Gasteiger charge is 2.20. The van der Waals surface area contributed by atoms with E-state index in [4.69, 9.17) is 16.3 Å². The number of aryl methyl sites for hydroxylation is 1. The third-order valence-corrected chi connectivity index (χ3v) is 4.64. The number of benzene rings is 2. The summed E-state index contributed by atoms with van der Waals surface area (Å²) < 4.78 is 19.2. The molecule has 1 amide bonds. The minimum absolute atomic E-state index is 0.0225. The second kappa shape index (κ2) is 8.46. The summed E-state index contributed by atoms with van der Waals surface area (Å²) in [5.74, 6) is -0.964. The van der Waals surface area contributed by atoms with Crippen LogP contribution < -0.4 is 0 Å². The molecule has 0 aliphatic carbocycles. The zero-order valence-corrected chi connectivity index (χ0v) is 16.0. The second-order valence-electron chi connectivity index (χ2n) is 6.33. The molecule has 1 aromatic heterocycles. The highest BCUT2D eigenvalue weighted by Crippen LogP contribution is 2.23. The van der Waals surface area contributed by atoms with Crippen LogP contribution in [0.15, 0.2) is 48.5 Å². The van der Waals surface area contributed by atoms with E-state index in [0.717, 1.165) is 16.5 Å². The van der Waals surface area contributed by atoms with Crippen molar-refractivity contribution in [2.24, 2.45) is 0 Å². The van der Waals surface area contributed by atoms with Crippen LogP contribution in [0.5, 0.6) is 0 Å². The summed E-state index contributed by atoms with van der Waals surface area (Å²) >= 11 is 6.35. The summed E-state index contributed by atoms with van der Waals surface area (Å²) in [7, 11) is 1.55. The molecule has 0 bridgehead atoms. The van der Waals surface area contributed by atoms with Crippen LogP contribution in [0.2, 0.25) is 5.15 Å². The normalized spacial score (nSPS) is 11.0. The molecule has 3 aromatic rings. The lowest BCUT2D eigenvalue weighted by atomic mass is 10.1. The van der Waals surface area contributed by atoms with E-state index in [2.05, 4.69) is 4.98 Å². The SMILES string of the molecule is COCCN(Cc1cc2cc(C)ccc2nc1Cl)C(=O)c1ccccc1F. The Morgan fingerprint density at radius 1 is 1.22 bits per heavy atom. The molecule has 2 aromatic carbocycles. The van der Waals surface area contributed by atoms with Crippen LogP contribution in [0.4, 0.5) is 4.39 Å². The maximum Gasteiger partial charge on any atom is 0.257 e. The summed E-state index contributed by atoms with van der Waals surface area (Å²) in [6.07, 6.45) is 0. The van der Waals surface area contributed by atoms with Crippen molar-refractivity contribution in [3.8, 4) is 0 Å². The van der Waals surface area contributed by atoms with Crippen LogP contribution in [0.3, 0.4) is 0 Å². The molecule has 27 heavy (non-hydrogen) atoms. The first-order chi connectivity index (χ1) is 13.0. The summed E-state index contributed by atoms with van der Waals surface area (Å²) in [4.78, 5) is 18.8. The van der Waals surface area contributed by atoms with Crippen molar-refractivity contribution >= 4 is 28.4 Å². The molecule has 0 atom stereocenters. The molecule has 0 radical (unpaired) electrons. The number of ether oxygens (including phenoxy) is 1. The average molecular weight is 387 g/mol. The number of fused-ring (bicyclic) bond motifs is 1. The van der Waals surface area contributed by atoms with Gasteiger partial charge in [0.05, 0.1) is 17.7 Å². The van der Waals surface area contributed by atoms with E-state index >= 15 is 0 Å². The number of carbonyl (C=O) groups excluding carboxylic acids is 1. The van der Waals surface area contributed by atoms with Gasteiger partial charge in [0.1, 0.15) is 11.0 Å². The fourth-order valence-corrected chi connectivity index (χ4v) is 3.10. The van der Waals surface area contributed by atoms with Crippen molar-refractivity contribution in [3.05, 3.63) is 76.2 Å². The van der Waals surface area contributed by atoms with Gasteiger partial charge in [-0.2, -0.15) is 0 Å². The maximum absolute atomic E-state index is 14.1. The number of hydrogen-bond donors (Lipinski definition) is 0. The van der Waals surface area contributed by atoms with Crippen LogP contribution in [-0.4, -0.2) is 36.1 Å². The van der Waals surface area contributed by atoms with E-state index in [1.807, 2.05) is 31.2 Å². The Morgan fingerprint density at radius 3 is 2.74 bits per heavy atom. The number of methoxy groups -OCH3 is 1. The molecular formula is C21H20ClFN2O2. The van der Waals surface area contributed by atoms with E-state index in [1.165, 1.54) is 17.0 Å². The topological polar surface area (TPSA) is 42.4 Å². The molecular weight excluding hydrogens is 367 g/mol. The lowest BCUT2D eigenvalue weighted by molar-refractivity contribution is 0.0676. The Labute approximate surface area is 162 Å². The minimum Gasteiger partial charge on any atom is -0.383 e. The highest BCUT2D eigenvalue weighted by atomic mass is 35.5. The van der Waals surface area contributed by atoms with Crippen molar-refractivity contribution in [2.75, 3.05) is 20.3 Å². The number of halogens is 2. The Balaban J connectivity index is 1.94. The first kappa shape index (κ1) is 19.3. The minimum atomic E-state index is -0.553. The summed E-state index contributed by atoms with van der Waals surface area (Å²) in [6, 6.07) is 13.8. The molecule has 4 nitrogen and oxygen atoms in total. The van der Waals surface area contributed by atoms with Gasteiger partial charge in [-0.05, 0) is 37.3 Å². The van der Waals surface area contributed by atoms with Crippen molar-refractivity contribution in [1.29, 1.82) is 0 Å². The van der Waals surface area contributed by atoms with Crippen molar-refractivity contribution in [3.63, 3.8) is 0 Å². The number of aromatic nitrogens is 1. The largest absolute Gasteiger partial charge is 0.383 e. The predicted octanol–water partition coefficient (Wildman–Crippen LogP) is 4.62. The van der Waals surface area contributed by atoms with Gasteiger partial charge in [-0.3, -0.25) is 4.79 Å². The monoisotopic (exact) mass is 386 g/mol. The lowest BCUT2D eigenvalue weighted by Crippen LogP contribution is -2.34. The first-order valence-corrected chi connectivity index (χ1v) is 8.96. The molecule has 0 saturated carbocycles. The smallest absolute Gasteiger partial charge is 0.257 e. The molecule has 3 rings (SSSR count). The van der Waals surface area contributed by atoms with Gasteiger partial charge in [0.15, 0.2) is 0 Å². The molecule has 0 aliphatic rings. The van der Waals surface area contributed by atoms with Crippen molar-refractivity contribution < 1.29 is 13.9 Å². The zero-order valence-electron chi connectivity index (χ0n) is 15.2. The van der Waals surface area contributed by atoms with Gasteiger partial charge in [-0.25, -0.2) is 9.37 Å². The Morgan fingerprint density at radius 2 is 2.00 bits per heavy atom. The molecule has 0 fully saturated rings. The van der Waals surface area contributed by atoms with Gasteiger partial charge in [-0.15, -0.1) is 0 Å². The van der Waals surface area contributed by atoms with E-state index in [1.54, 1.807) is 19.2 Å². The summed E-state index contributed by atoms with van der Waals surface area (Å²) in [5.41, 5.74) is 2.62. The van der Waals surface area contributed by atoms with E-state index in [-0.39, 0.29) is 12.1 Å². The standard InChI is InChI=1S/C21H20ClFN2O2/c1-14-7-8-19-15(11-14)12-16(20(22)24-19)13-25(9-10-27-2)21(26)17-5-3-4-6-18(17)23/h3-8,11-12H,9-10,13H2,1-2H3. The number of carbonyl (C=O) groups is 1. The third-order valence-electron chi connectivity index (χ3n) is 4.31. The fourth-order valence-electron chi connectivity index (χ4n) is 2.89. The van der Waals surface area contributed by atoms with Crippen LogP contribution in [0.25, 0.3) is 10.9 Å². The summed E-state index contributed by atoms with van der Waals surface area (Å²) in [6.45, 7) is 2.86. The molecule has 1 heterocycles. The molecule has 140 valence electrons. The first-order valence-electron chi connectivity index (χ1n) is 8.58. The summed E-state index contributed by atoms with van der Waals surface area (Å²) in [5, 5.41) is 1.27. The van der Waals surface area contributed by atoms with Gasteiger partial charge in [0.2, 0.25) is 0 Å². The van der Waals surface area contributed by atoms with Crippen LogP contribution in [-0.2, 0) is 11.3 Å². The fraction of sp³-hybridized carbons (Fsp3) is 0.238.